The molecule has 0 radical (unpaired) electrons. The minimum Gasteiger partial charge on any atom is -0.493 e. The van der Waals surface area contributed by atoms with Crippen LogP contribution in [0.25, 0.3) is 0 Å². The summed E-state index contributed by atoms with van der Waals surface area (Å²) in [5.41, 5.74) is 2.85. The van der Waals surface area contributed by atoms with Crippen molar-refractivity contribution in [3.63, 3.8) is 0 Å². The van der Waals surface area contributed by atoms with Gasteiger partial charge in [0.15, 0.2) is 11.5 Å². The SMILES string of the molecule is CCOc1c(CN(C)C(=O)NC(C)Cc2cccc(C)n2)cccc1OC. The molecule has 27 heavy (non-hydrogen) atoms. The van der Waals surface area contributed by atoms with Crippen molar-refractivity contribution < 1.29 is 14.3 Å². The number of carbonyl (C=O) groups is 1. The van der Waals surface area contributed by atoms with E-state index in [2.05, 4.69) is 10.3 Å². The van der Waals surface area contributed by atoms with E-state index < -0.39 is 0 Å². The predicted molar refractivity (Wildman–Crippen MR) is 106 cm³/mol. The minimum atomic E-state index is -0.138. The summed E-state index contributed by atoms with van der Waals surface area (Å²) in [5, 5.41) is 3.02. The van der Waals surface area contributed by atoms with Crippen LogP contribution < -0.4 is 14.8 Å². The lowest BCUT2D eigenvalue weighted by Gasteiger charge is -2.23. The van der Waals surface area contributed by atoms with Crippen molar-refractivity contribution >= 4 is 6.03 Å². The predicted octanol–water partition coefficient (Wildman–Crippen LogP) is 3.57. The van der Waals surface area contributed by atoms with Gasteiger partial charge in [-0.1, -0.05) is 18.2 Å². The number of amides is 2. The summed E-state index contributed by atoms with van der Waals surface area (Å²) < 4.78 is 11.1. The van der Waals surface area contributed by atoms with Crippen LogP contribution in [0.15, 0.2) is 36.4 Å². The molecule has 1 unspecified atom stereocenters. The summed E-state index contributed by atoms with van der Waals surface area (Å²) in [7, 11) is 3.38. The number of aromatic nitrogens is 1. The first-order valence-corrected chi connectivity index (χ1v) is 9.17. The number of para-hydroxylation sites is 1. The zero-order chi connectivity index (χ0) is 19.8. The number of ether oxygens (including phenoxy) is 2. The van der Waals surface area contributed by atoms with E-state index in [4.69, 9.17) is 9.47 Å². The fourth-order valence-electron chi connectivity index (χ4n) is 2.88. The first-order valence-electron chi connectivity index (χ1n) is 9.17. The highest BCUT2D eigenvalue weighted by atomic mass is 16.5. The van der Waals surface area contributed by atoms with Crippen molar-refractivity contribution in [3.05, 3.63) is 53.3 Å². The molecule has 1 N–H and O–H groups in total. The van der Waals surface area contributed by atoms with Gasteiger partial charge in [0.2, 0.25) is 0 Å². The molecule has 0 bridgehead atoms. The van der Waals surface area contributed by atoms with Gasteiger partial charge in [-0.3, -0.25) is 4.98 Å². The second-order valence-electron chi connectivity index (χ2n) is 6.56. The van der Waals surface area contributed by atoms with Gasteiger partial charge in [0, 0.05) is 36.5 Å². The molecule has 1 aromatic carbocycles. The Morgan fingerprint density at radius 1 is 1.26 bits per heavy atom. The Morgan fingerprint density at radius 3 is 2.67 bits per heavy atom. The molecule has 0 saturated carbocycles. The van der Waals surface area contributed by atoms with Crippen molar-refractivity contribution in [2.24, 2.45) is 0 Å². The number of hydrogen-bond acceptors (Lipinski definition) is 4. The maximum atomic E-state index is 12.6. The average molecular weight is 371 g/mol. The molecule has 0 aliphatic carbocycles. The molecule has 146 valence electrons. The lowest BCUT2D eigenvalue weighted by atomic mass is 10.1. The van der Waals surface area contributed by atoms with Crippen molar-refractivity contribution in [2.45, 2.75) is 39.8 Å². The van der Waals surface area contributed by atoms with Crippen LogP contribution in [0, 0.1) is 6.92 Å². The van der Waals surface area contributed by atoms with Gasteiger partial charge in [-0.05, 0) is 39.0 Å². The van der Waals surface area contributed by atoms with Crippen LogP contribution in [0.3, 0.4) is 0 Å². The summed E-state index contributed by atoms with van der Waals surface area (Å²) in [6.45, 7) is 6.82. The molecule has 1 heterocycles. The molecule has 0 fully saturated rings. The molecule has 0 saturated heterocycles. The van der Waals surface area contributed by atoms with Gasteiger partial charge in [0.25, 0.3) is 0 Å². The fraction of sp³-hybridized carbons (Fsp3) is 0.429. The second kappa shape index (κ2) is 9.80. The van der Waals surface area contributed by atoms with E-state index in [-0.39, 0.29) is 12.1 Å². The second-order valence-corrected chi connectivity index (χ2v) is 6.56. The highest BCUT2D eigenvalue weighted by molar-refractivity contribution is 5.74. The number of methoxy groups -OCH3 is 1. The van der Waals surface area contributed by atoms with Crippen LogP contribution in [0.5, 0.6) is 11.5 Å². The standard InChI is InChI=1S/C21H29N3O3/c1-6-27-20-17(10-8-12-19(20)26-5)14-24(4)21(25)23-16(3)13-18-11-7-9-15(2)22-18/h7-12,16H,6,13-14H2,1-5H3,(H,23,25). The van der Waals surface area contributed by atoms with Crippen molar-refractivity contribution in [2.75, 3.05) is 20.8 Å². The molecule has 2 rings (SSSR count). The van der Waals surface area contributed by atoms with Gasteiger partial charge in [-0.25, -0.2) is 4.79 Å². The molecule has 6 heteroatoms. The van der Waals surface area contributed by atoms with Crippen LogP contribution >= 0.6 is 0 Å². The average Bonchev–Trinajstić information content (AvgIpc) is 2.63. The van der Waals surface area contributed by atoms with Crippen LogP contribution in [0.1, 0.15) is 30.8 Å². The van der Waals surface area contributed by atoms with E-state index in [1.54, 1.807) is 19.1 Å². The number of nitrogens with one attached hydrogen (secondary N) is 1. The largest absolute Gasteiger partial charge is 0.493 e. The Bertz CT molecular complexity index is 764. The highest BCUT2D eigenvalue weighted by Gasteiger charge is 2.17. The van der Waals surface area contributed by atoms with Gasteiger partial charge in [0.05, 0.1) is 20.3 Å². The summed E-state index contributed by atoms with van der Waals surface area (Å²) in [6, 6.07) is 11.5. The molecular formula is C21H29N3O3. The number of hydrogen-bond donors (Lipinski definition) is 1. The molecule has 2 amide bonds. The van der Waals surface area contributed by atoms with Crippen LogP contribution in [-0.4, -0.2) is 42.7 Å². The maximum Gasteiger partial charge on any atom is 0.317 e. The number of pyridine rings is 1. The van der Waals surface area contributed by atoms with Gasteiger partial charge in [0.1, 0.15) is 0 Å². The molecule has 1 atom stereocenters. The van der Waals surface area contributed by atoms with Gasteiger partial charge >= 0.3 is 6.03 Å². The molecule has 0 aliphatic heterocycles. The monoisotopic (exact) mass is 371 g/mol. The van der Waals surface area contributed by atoms with Gasteiger partial charge < -0.3 is 19.7 Å². The summed E-state index contributed by atoms with van der Waals surface area (Å²) in [4.78, 5) is 18.7. The normalized spacial score (nSPS) is 11.6. The third-order valence-electron chi connectivity index (χ3n) is 4.15. The molecule has 0 spiro atoms. The Labute approximate surface area is 161 Å². The summed E-state index contributed by atoms with van der Waals surface area (Å²) >= 11 is 0. The van der Waals surface area contributed by atoms with Crippen molar-refractivity contribution in [3.8, 4) is 11.5 Å². The van der Waals surface area contributed by atoms with Crippen LogP contribution in [0.2, 0.25) is 0 Å². The molecule has 0 aliphatic rings. The number of urea groups is 1. The Morgan fingerprint density at radius 2 is 2.00 bits per heavy atom. The number of carbonyl (C=O) groups excluding carboxylic acids is 1. The zero-order valence-corrected chi connectivity index (χ0v) is 16.8. The van der Waals surface area contributed by atoms with Gasteiger partial charge in [-0.15, -0.1) is 0 Å². The first kappa shape index (κ1) is 20.6. The number of aryl methyl sites for hydroxylation is 1. The zero-order valence-electron chi connectivity index (χ0n) is 16.8. The third-order valence-corrected chi connectivity index (χ3v) is 4.15. The molecule has 6 nitrogen and oxygen atoms in total. The minimum absolute atomic E-state index is 0.0223. The molecular weight excluding hydrogens is 342 g/mol. The highest BCUT2D eigenvalue weighted by Crippen LogP contribution is 2.31. The van der Waals surface area contributed by atoms with Crippen LogP contribution in [-0.2, 0) is 13.0 Å². The number of benzene rings is 1. The van der Waals surface area contributed by atoms with E-state index >= 15 is 0 Å². The quantitative estimate of drug-likeness (QED) is 0.770. The van der Waals surface area contributed by atoms with Gasteiger partial charge in [-0.2, -0.15) is 0 Å². The van der Waals surface area contributed by atoms with Crippen molar-refractivity contribution in [1.82, 2.24) is 15.2 Å². The summed E-state index contributed by atoms with van der Waals surface area (Å²) in [5.74, 6) is 1.35. The molecule has 1 aromatic heterocycles. The topological polar surface area (TPSA) is 63.7 Å². The van der Waals surface area contributed by atoms with Crippen molar-refractivity contribution in [1.29, 1.82) is 0 Å². The lowest BCUT2D eigenvalue weighted by Crippen LogP contribution is -2.42. The third kappa shape index (κ3) is 5.88. The van der Waals surface area contributed by atoms with E-state index in [1.165, 1.54) is 0 Å². The Kier molecular flexibility index (Phi) is 7.46. The molecule has 2 aromatic rings. The Balaban J connectivity index is 1.99. The lowest BCUT2D eigenvalue weighted by molar-refractivity contribution is 0.202. The number of rotatable bonds is 8. The van der Waals surface area contributed by atoms with Crippen LogP contribution in [0.4, 0.5) is 4.79 Å². The van der Waals surface area contributed by atoms with E-state index in [0.29, 0.717) is 31.1 Å². The summed E-state index contributed by atoms with van der Waals surface area (Å²) in [6.07, 6.45) is 0.685. The smallest absolute Gasteiger partial charge is 0.317 e. The first-order chi connectivity index (χ1) is 12.9. The Hall–Kier alpha value is -2.76. The van der Waals surface area contributed by atoms with E-state index in [9.17, 15) is 4.79 Å². The number of nitrogens with zero attached hydrogens (tertiary/aromatic N) is 2. The van der Waals surface area contributed by atoms with E-state index in [0.717, 1.165) is 17.0 Å². The van der Waals surface area contributed by atoms with E-state index in [1.807, 2.05) is 57.2 Å². The fourth-order valence-corrected chi connectivity index (χ4v) is 2.88. The maximum absolute atomic E-state index is 12.6.